The third-order valence-electron chi connectivity index (χ3n) is 3.20. The fourth-order valence-electron chi connectivity index (χ4n) is 1.97. The average Bonchev–Trinajstić information content (AvgIpc) is 2.47. The summed E-state index contributed by atoms with van der Waals surface area (Å²) in [6.45, 7) is 5.22. The topological polar surface area (TPSA) is 62.3 Å². The lowest BCUT2D eigenvalue weighted by molar-refractivity contribution is 0.395. The molecule has 0 fully saturated rings. The van der Waals surface area contributed by atoms with Crippen molar-refractivity contribution < 1.29 is 8.42 Å². The van der Waals surface area contributed by atoms with Crippen LogP contribution in [0.4, 0.5) is 5.82 Å². The lowest BCUT2D eigenvalue weighted by Gasteiger charge is -2.23. The van der Waals surface area contributed by atoms with Gasteiger partial charge in [0.1, 0.15) is 10.7 Å². The zero-order valence-electron chi connectivity index (χ0n) is 12.9. The van der Waals surface area contributed by atoms with Crippen LogP contribution in [0.3, 0.4) is 0 Å². The molecule has 0 spiro atoms. The number of sulfonamides is 1. The van der Waals surface area contributed by atoms with Crippen molar-refractivity contribution >= 4 is 31.8 Å². The van der Waals surface area contributed by atoms with Crippen molar-refractivity contribution in [3.05, 3.63) is 16.7 Å². The Morgan fingerprint density at radius 2 is 1.81 bits per heavy atom. The van der Waals surface area contributed by atoms with E-state index in [1.54, 1.807) is 23.6 Å². The van der Waals surface area contributed by atoms with E-state index < -0.39 is 10.0 Å². The molecule has 0 unspecified atom stereocenters. The highest BCUT2D eigenvalue weighted by molar-refractivity contribution is 9.10. The molecule has 1 rings (SSSR count). The Labute approximate surface area is 136 Å². The molecule has 1 N–H and O–H groups in total. The van der Waals surface area contributed by atoms with Crippen molar-refractivity contribution in [1.29, 1.82) is 0 Å². The highest BCUT2D eigenvalue weighted by Crippen LogP contribution is 2.26. The molecule has 0 amide bonds. The van der Waals surface area contributed by atoms with Crippen LogP contribution in [0.5, 0.6) is 0 Å². The first-order chi connectivity index (χ1) is 9.97. The molecule has 0 aliphatic heterocycles. The molecular weight excluding hydrogens is 354 g/mol. The van der Waals surface area contributed by atoms with Gasteiger partial charge in [-0.25, -0.2) is 13.4 Å². The summed E-state index contributed by atoms with van der Waals surface area (Å²) >= 11 is 3.30. The molecule has 1 aromatic heterocycles. The van der Waals surface area contributed by atoms with E-state index in [-0.39, 0.29) is 4.90 Å². The summed E-state index contributed by atoms with van der Waals surface area (Å²) in [6.07, 6.45) is 5.24. The first kappa shape index (κ1) is 18.4. The fraction of sp³-hybridized carbons (Fsp3) is 0.643. The highest BCUT2D eigenvalue weighted by Gasteiger charge is 2.27. The van der Waals surface area contributed by atoms with Crippen LogP contribution in [0, 0.1) is 0 Å². The van der Waals surface area contributed by atoms with E-state index in [0.29, 0.717) is 23.4 Å². The quantitative estimate of drug-likeness (QED) is 0.715. The van der Waals surface area contributed by atoms with Crippen molar-refractivity contribution in [2.75, 3.05) is 25.5 Å². The number of rotatable bonds is 9. The van der Waals surface area contributed by atoms with E-state index in [1.807, 2.05) is 0 Å². The molecule has 0 bridgehead atoms. The SMILES string of the molecule is CCCCN(CCCC)S(=O)(=O)c1cc(Br)cnc1NC. The Hall–Kier alpha value is -0.660. The van der Waals surface area contributed by atoms with E-state index in [1.165, 1.54) is 0 Å². The Bertz CT molecular complexity index is 541. The van der Waals surface area contributed by atoms with Gasteiger partial charge < -0.3 is 5.32 Å². The van der Waals surface area contributed by atoms with E-state index in [4.69, 9.17) is 0 Å². The van der Waals surface area contributed by atoms with Gasteiger partial charge in [0.25, 0.3) is 0 Å². The molecule has 0 saturated carbocycles. The smallest absolute Gasteiger partial charge is 0.246 e. The third kappa shape index (κ3) is 4.93. The average molecular weight is 378 g/mol. The zero-order chi connectivity index (χ0) is 15.9. The minimum atomic E-state index is -3.53. The van der Waals surface area contributed by atoms with Crippen molar-refractivity contribution in [3.63, 3.8) is 0 Å². The number of hydrogen-bond acceptors (Lipinski definition) is 4. The first-order valence-corrected chi connectivity index (χ1v) is 9.54. The molecule has 0 aromatic carbocycles. The molecule has 21 heavy (non-hydrogen) atoms. The normalized spacial score (nSPS) is 11.9. The van der Waals surface area contributed by atoms with Gasteiger partial charge in [-0.1, -0.05) is 26.7 Å². The van der Waals surface area contributed by atoms with E-state index in [0.717, 1.165) is 25.7 Å². The summed E-state index contributed by atoms with van der Waals surface area (Å²) in [4.78, 5) is 4.37. The van der Waals surface area contributed by atoms with Gasteiger partial charge in [0.15, 0.2) is 0 Å². The maximum Gasteiger partial charge on any atom is 0.246 e. The van der Waals surface area contributed by atoms with Crippen LogP contribution in [0.25, 0.3) is 0 Å². The van der Waals surface area contributed by atoms with Gasteiger partial charge in [0, 0.05) is 30.8 Å². The summed E-state index contributed by atoms with van der Waals surface area (Å²) in [5, 5.41) is 2.86. The second-order valence-electron chi connectivity index (χ2n) is 4.86. The van der Waals surface area contributed by atoms with E-state index >= 15 is 0 Å². The number of nitrogens with one attached hydrogen (secondary N) is 1. The van der Waals surface area contributed by atoms with Crippen LogP contribution in [0.15, 0.2) is 21.6 Å². The largest absolute Gasteiger partial charge is 0.372 e. The molecule has 120 valence electrons. The van der Waals surface area contributed by atoms with Gasteiger partial charge in [-0.15, -0.1) is 0 Å². The van der Waals surface area contributed by atoms with Crippen molar-refractivity contribution in [1.82, 2.24) is 9.29 Å². The van der Waals surface area contributed by atoms with Crippen LogP contribution >= 0.6 is 15.9 Å². The fourth-order valence-corrected chi connectivity index (χ4v) is 4.14. The maximum absolute atomic E-state index is 12.9. The lowest BCUT2D eigenvalue weighted by atomic mass is 10.3. The number of hydrogen-bond donors (Lipinski definition) is 1. The predicted molar refractivity (Wildman–Crippen MR) is 90.1 cm³/mol. The Morgan fingerprint density at radius 1 is 1.24 bits per heavy atom. The van der Waals surface area contributed by atoms with Gasteiger partial charge in [-0.2, -0.15) is 4.31 Å². The third-order valence-corrected chi connectivity index (χ3v) is 5.54. The van der Waals surface area contributed by atoms with Crippen LogP contribution in [-0.4, -0.2) is 37.8 Å². The Balaban J connectivity index is 3.17. The van der Waals surface area contributed by atoms with Gasteiger partial charge in [-0.3, -0.25) is 0 Å². The molecule has 0 atom stereocenters. The summed E-state index contributed by atoms with van der Waals surface area (Å²) in [5.74, 6) is 0.385. The lowest BCUT2D eigenvalue weighted by Crippen LogP contribution is -2.33. The second-order valence-corrected chi connectivity index (χ2v) is 7.68. The monoisotopic (exact) mass is 377 g/mol. The Kier molecular flexibility index (Phi) is 7.62. The molecule has 0 aliphatic carbocycles. The van der Waals surface area contributed by atoms with Gasteiger partial charge >= 0.3 is 0 Å². The van der Waals surface area contributed by atoms with Crippen molar-refractivity contribution in [2.24, 2.45) is 0 Å². The van der Waals surface area contributed by atoms with E-state index in [9.17, 15) is 8.42 Å². The number of halogens is 1. The number of aromatic nitrogens is 1. The molecule has 0 radical (unpaired) electrons. The summed E-state index contributed by atoms with van der Waals surface area (Å²) in [7, 11) is -1.85. The predicted octanol–water partition coefficient (Wildman–Crippen LogP) is 3.48. The molecular formula is C14H24BrN3O2S. The van der Waals surface area contributed by atoms with Gasteiger partial charge in [0.2, 0.25) is 10.0 Å². The molecule has 7 heteroatoms. The summed E-state index contributed by atoms with van der Waals surface area (Å²) in [6, 6.07) is 1.61. The van der Waals surface area contributed by atoms with Crippen molar-refractivity contribution in [2.45, 2.75) is 44.4 Å². The van der Waals surface area contributed by atoms with Crippen molar-refractivity contribution in [3.8, 4) is 0 Å². The Morgan fingerprint density at radius 3 is 2.29 bits per heavy atom. The second kappa shape index (κ2) is 8.70. The van der Waals surface area contributed by atoms with Crippen LogP contribution in [0.1, 0.15) is 39.5 Å². The molecule has 0 saturated heterocycles. The van der Waals surface area contributed by atoms with Gasteiger partial charge in [0.05, 0.1) is 0 Å². The van der Waals surface area contributed by atoms with Crippen LogP contribution in [0.2, 0.25) is 0 Å². The standard InChI is InChI=1S/C14H24BrN3O2S/c1-4-6-8-18(9-7-5-2)21(19,20)13-10-12(15)11-17-14(13)16-3/h10-11H,4-9H2,1-3H3,(H,16,17). The van der Waals surface area contributed by atoms with E-state index in [2.05, 4.69) is 40.1 Å². The minimum Gasteiger partial charge on any atom is -0.372 e. The molecule has 1 heterocycles. The minimum absolute atomic E-state index is 0.228. The summed E-state index contributed by atoms with van der Waals surface area (Å²) < 4.78 is 28.0. The number of pyridine rings is 1. The molecule has 5 nitrogen and oxygen atoms in total. The number of unbranched alkanes of at least 4 members (excludes halogenated alkanes) is 2. The summed E-state index contributed by atoms with van der Waals surface area (Å²) in [5.41, 5.74) is 0. The van der Waals surface area contributed by atoms with Crippen LogP contribution < -0.4 is 5.32 Å². The van der Waals surface area contributed by atoms with Crippen LogP contribution in [-0.2, 0) is 10.0 Å². The molecule has 1 aromatic rings. The number of anilines is 1. The first-order valence-electron chi connectivity index (χ1n) is 7.30. The zero-order valence-corrected chi connectivity index (χ0v) is 15.3. The highest BCUT2D eigenvalue weighted by atomic mass is 79.9. The number of nitrogens with zero attached hydrogens (tertiary/aromatic N) is 2. The van der Waals surface area contributed by atoms with Gasteiger partial charge in [-0.05, 0) is 34.8 Å². The maximum atomic E-state index is 12.9. The molecule has 0 aliphatic rings.